The van der Waals surface area contributed by atoms with Crippen molar-refractivity contribution in [3.8, 4) is 0 Å². The number of carbonyl (C=O) groups is 2. The number of aliphatic carboxylic acids is 1. The van der Waals surface area contributed by atoms with Crippen molar-refractivity contribution < 1.29 is 19.4 Å². The van der Waals surface area contributed by atoms with E-state index >= 15 is 0 Å². The Bertz CT molecular complexity index is 712. The fraction of sp³-hybridized carbons (Fsp3) is 0.455. The molecule has 0 fully saturated rings. The molecule has 0 atom stereocenters. The van der Waals surface area contributed by atoms with Crippen molar-refractivity contribution in [2.24, 2.45) is 5.41 Å². The Balaban J connectivity index is 3.11. The zero-order chi connectivity index (χ0) is 19.9. The molecule has 4 heteroatoms. The second-order valence-corrected chi connectivity index (χ2v) is 7.41. The van der Waals surface area contributed by atoms with Crippen LogP contribution < -0.4 is 0 Å². The van der Waals surface area contributed by atoms with E-state index < -0.39 is 11.9 Å². The van der Waals surface area contributed by atoms with E-state index in [4.69, 9.17) is 9.84 Å². The summed E-state index contributed by atoms with van der Waals surface area (Å²) in [5.74, 6) is -1.65. The number of methoxy groups -OCH3 is 1. The molecule has 0 saturated carbocycles. The van der Waals surface area contributed by atoms with Gasteiger partial charge in [0.15, 0.2) is 0 Å². The summed E-state index contributed by atoms with van der Waals surface area (Å²) < 4.78 is 4.75. The second-order valence-electron chi connectivity index (χ2n) is 7.41. The number of rotatable bonds is 6. The Morgan fingerprint density at radius 3 is 2.38 bits per heavy atom. The summed E-state index contributed by atoms with van der Waals surface area (Å²) in [5, 5.41) is 8.88. The Morgan fingerprint density at radius 2 is 1.85 bits per heavy atom. The maximum Gasteiger partial charge on any atom is 0.338 e. The van der Waals surface area contributed by atoms with Gasteiger partial charge in [-0.25, -0.2) is 9.59 Å². The summed E-state index contributed by atoms with van der Waals surface area (Å²) in [4.78, 5) is 22.7. The van der Waals surface area contributed by atoms with Crippen molar-refractivity contribution in [3.05, 3.63) is 58.2 Å². The number of allylic oxidation sites excluding steroid dienone is 7. The molecular formula is C22H30O4. The van der Waals surface area contributed by atoms with E-state index in [2.05, 4.69) is 26.8 Å². The van der Waals surface area contributed by atoms with Gasteiger partial charge in [-0.3, -0.25) is 0 Å². The maximum atomic E-state index is 11.9. The molecule has 0 aromatic heterocycles. The zero-order valence-corrected chi connectivity index (χ0v) is 16.7. The zero-order valence-electron chi connectivity index (χ0n) is 16.7. The lowest BCUT2D eigenvalue weighted by Gasteiger charge is -2.32. The van der Waals surface area contributed by atoms with Gasteiger partial charge in [0.05, 0.1) is 12.7 Å². The van der Waals surface area contributed by atoms with Gasteiger partial charge in [-0.1, -0.05) is 43.2 Å². The van der Waals surface area contributed by atoms with E-state index in [1.165, 1.54) is 31.1 Å². The van der Waals surface area contributed by atoms with E-state index in [9.17, 15) is 9.59 Å². The van der Waals surface area contributed by atoms with Crippen molar-refractivity contribution in [2.75, 3.05) is 7.11 Å². The van der Waals surface area contributed by atoms with E-state index in [0.29, 0.717) is 5.57 Å². The smallest absolute Gasteiger partial charge is 0.338 e. The van der Waals surface area contributed by atoms with Crippen LogP contribution in [0.25, 0.3) is 0 Å². The Labute approximate surface area is 156 Å². The quantitative estimate of drug-likeness (QED) is 0.405. The first-order valence-corrected chi connectivity index (χ1v) is 8.85. The fourth-order valence-corrected chi connectivity index (χ4v) is 3.23. The fourth-order valence-electron chi connectivity index (χ4n) is 3.23. The molecule has 1 N–H and O–H groups in total. The summed E-state index contributed by atoms with van der Waals surface area (Å²) in [6, 6.07) is 0. The number of carbonyl (C=O) groups excluding carboxylic acids is 1. The molecule has 0 unspecified atom stereocenters. The third-order valence-electron chi connectivity index (χ3n) is 4.74. The number of carboxylic acid groups (broad SMARTS) is 1. The summed E-state index contributed by atoms with van der Waals surface area (Å²) in [6.07, 6.45) is 12.1. The van der Waals surface area contributed by atoms with Crippen LogP contribution in [0.1, 0.15) is 53.9 Å². The molecular weight excluding hydrogens is 328 g/mol. The Morgan fingerprint density at radius 1 is 1.19 bits per heavy atom. The van der Waals surface area contributed by atoms with Crippen molar-refractivity contribution in [3.63, 3.8) is 0 Å². The van der Waals surface area contributed by atoms with Gasteiger partial charge < -0.3 is 9.84 Å². The number of hydrogen-bond donors (Lipinski definition) is 1. The van der Waals surface area contributed by atoms with Crippen LogP contribution >= 0.6 is 0 Å². The van der Waals surface area contributed by atoms with E-state index in [1.54, 1.807) is 19.1 Å². The summed E-state index contributed by atoms with van der Waals surface area (Å²) in [5.41, 5.74) is 4.52. The molecule has 0 aliphatic heterocycles. The van der Waals surface area contributed by atoms with Crippen molar-refractivity contribution in [1.82, 2.24) is 0 Å². The molecule has 0 bridgehead atoms. The second kappa shape index (κ2) is 9.37. The van der Waals surface area contributed by atoms with Gasteiger partial charge in [0.1, 0.15) is 0 Å². The molecule has 0 heterocycles. The van der Waals surface area contributed by atoms with Crippen LogP contribution in [0.3, 0.4) is 0 Å². The molecule has 4 nitrogen and oxygen atoms in total. The third-order valence-corrected chi connectivity index (χ3v) is 4.74. The first kappa shape index (κ1) is 21.7. The topological polar surface area (TPSA) is 63.6 Å². The third kappa shape index (κ3) is 6.17. The van der Waals surface area contributed by atoms with Crippen LogP contribution in [0.15, 0.2) is 58.2 Å². The van der Waals surface area contributed by atoms with Gasteiger partial charge in [-0.05, 0) is 62.7 Å². The predicted molar refractivity (Wildman–Crippen MR) is 105 cm³/mol. The molecule has 0 aromatic rings. The minimum absolute atomic E-state index is 0.174. The van der Waals surface area contributed by atoms with Gasteiger partial charge in [-0.2, -0.15) is 0 Å². The highest BCUT2D eigenvalue weighted by Crippen LogP contribution is 2.40. The van der Waals surface area contributed by atoms with Crippen LogP contribution in [0.5, 0.6) is 0 Å². The van der Waals surface area contributed by atoms with Crippen molar-refractivity contribution in [2.45, 2.75) is 53.9 Å². The van der Waals surface area contributed by atoms with Crippen LogP contribution in [-0.2, 0) is 14.3 Å². The minimum Gasteiger partial charge on any atom is -0.478 e. The average Bonchev–Trinajstić information content (AvgIpc) is 2.52. The molecule has 1 rings (SSSR count). The lowest BCUT2D eigenvalue weighted by Crippen LogP contribution is -2.19. The standard InChI is InChI=1S/C22H30O4/c1-15(10-12-19-16(2)8-7-13-22(19,4)5)9-11-18(21(25)26-6)17(3)14-20(23)24/h9-12,14H,7-8,13H2,1-6H3,(H,23,24). The summed E-state index contributed by atoms with van der Waals surface area (Å²) in [6.45, 7) is 10.3. The lowest BCUT2D eigenvalue weighted by molar-refractivity contribution is -0.135. The van der Waals surface area contributed by atoms with Gasteiger partial charge in [0.2, 0.25) is 0 Å². The predicted octanol–water partition coefficient (Wildman–Crippen LogP) is 5.15. The van der Waals surface area contributed by atoms with Gasteiger partial charge in [-0.15, -0.1) is 0 Å². The van der Waals surface area contributed by atoms with E-state index in [0.717, 1.165) is 18.1 Å². The monoisotopic (exact) mass is 358 g/mol. The summed E-state index contributed by atoms with van der Waals surface area (Å²) >= 11 is 0. The number of ether oxygens (including phenoxy) is 1. The highest BCUT2D eigenvalue weighted by Gasteiger charge is 2.26. The molecule has 142 valence electrons. The van der Waals surface area contributed by atoms with E-state index in [-0.39, 0.29) is 11.0 Å². The van der Waals surface area contributed by atoms with Crippen LogP contribution in [0.2, 0.25) is 0 Å². The molecule has 1 aliphatic rings. The molecule has 0 amide bonds. The van der Waals surface area contributed by atoms with E-state index in [1.807, 2.05) is 13.0 Å². The average molecular weight is 358 g/mol. The molecule has 26 heavy (non-hydrogen) atoms. The molecule has 0 radical (unpaired) electrons. The highest BCUT2D eigenvalue weighted by molar-refractivity contribution is 5.96. The normalized spacial score (nSPS) is 19.1. The Hall–Kier alpha value is -2.36. The highest BCUT2D eigenvalue weighted by atomic mass is 16.5. The largest absolute Gasteiger partial charge is 0.478 e. The number of esters is 1. The first-order chi connectivity index (χ1) is 12.1. The molecule has 1 aliphatic carbocycles. The minimum atomic E-state index is -1.10. The van der Waals surface area contributed by atoms with Gasteiger partial charge in [0.25, 0.3) is 0 Å². The first-order valence-electron chi connectivity index (χ1n) is 8.85. The van der Waals surface area contributed by atoms with Gasteiger partial charge in [0, 0.05) is 6.08 Å². The maximum absolute atomic E-state index is 11.9. The van der Waals surface area contributed by atoms with Crippen molar-refractivity contribution in [1.29, 1.82) is 0 Å². The van der Waals surface area contributed by atoms with Crippen LogP contribution in [-0.4, -0.2) is 24.2 Å². The van der Waals surface area contributed by atoms with Crippen molar-refractivity contribution >= 4 is 11.9 Å². The SMILES string of the molecule is COC(=O)C(=CC=C(C)C=CC1=C(C)CCCC1(C)C)C(C)=CC(=O)O. The summed E-state index contributed by atoms with van der Waals surface area (Å²) in [7, 11) is 1.28. The number of carboxylic acids is 1. The molecule has 0 spiro atoms. The molecule has 0 saturated heterocycles. The lowest BCUT2D eigenvalue weighted by atomic mass is 9.72. The Kier molecular flexibility index (Phi) is 7.81. The number of hydrogen-bond acceptors (Lipinski definition) is 3. The molecule has 0 aromatic carbocycles. The van der Waals surface area contributed by atoms with Crippen LogP contribution in [0, 0.1) is 5.41 Å². The van der Waals surface area contributed by atoms with Gasteiger partial charge >= 0.3 is 11.9 Å². The van der Waals surface area contributed by atoms with Crippen LogP contribution in [0.4, 0.5) is 0 Å².